The molecule has 1 nitrogen and oxygen atoms in total. The third kappa shape index (κ3) is 1.90. The number of ether oxygens (including phenoxy) is 1. The first-order valence-corrected chi connectivity index (χ1v) is 5.86. The van der Waals surface area contributed by atoms with Crippen LogP contribution in [0, 0.1) is 11.8 Å². The van der Waals surface area contributed by atoms with Crippen LogP contribution in [0.15, 0.2) is 0 Å². The normalized spacial score (nSPS) is 40.4. The molecule has 1 aliphatic heterocycles. The van der Waals surface area contributed by atoms with Crippen molar-refractivity contribution in [3.8, 4) is 0 Å². The second-order valence-electron chi connectivity index (χ2n) is 5.22. The predicted octanol–water partition coefficient (Wildman–Crippen LogP) is 3.38. The third-order valence-electron chi connectivity index (χ3n) is 4.07. The molecule has 0 aromatic carbocycles. The fraction of sp³-hybridized carbons (Fsp3) is 1.00. The van der Waals surface area contributed by atoms with Gasteiger partial charge in [0, 0.05) is 6.61 Å². The molecule has 2 aliphatic rings. The Hall–Kier alpha value is -0.0400. The summed E-state index contributed by atoms with van der Waals surface area (Å²) in [4.78, 5) is 0. The molecule has 1 heterocycles. The van der Waals surface area contributed by atoms with Crippen LogP contribution in [0.3, 0.4) is 0 Å². The van der Waals surface area contributed by atoms with Gasteiger partial charge in [0.05, 0.1) is 5.60 Å². The van der Waals surface area contributed by atoms with E-state index in [0.717, 1.165) is 18.4 Å². The fourth-order valence-corrected chi connectivity index (χ4v) is 2.98. The molecular weight excluding hydrogens is 160 g/mol. The van der Waals surface area contributed by atoms with E-state index in [0.29, 0.717) is 5.60 Å². The van der Waals surface area contributed by atoms with Gasteiger partial charge < -0.3 is 4.74 Å². The monoisotopic (exact) mass is 182 g/mol. The van der Waals surface area contributed by atoms with Crippen molar-refractivity contribution in [2.45, 2.75) is 58.0 Å². The minimum atomic E-state index is 0.339. The molecule has 1 heteroatoms. The molecule has 0 atom stereocenters. The van der Waals surface area contributed by atoms with Crippen LogP contribution in [-0.2, 0) is 4.74 Å². The largest absolute Gasteiger partial charge is 0.375 e. The van der Waals surface area contributed by atoms with E-state index in [1.807, 2.05) is 0 Å². The van der Waals surface area contributed by atoms with Crippen LogP contribution >= 0.6 is 0 Å². The van der Waals surface area contributed by atoms with Crippen molar-refractivity contribution >= 4 is 0 Å². The van der Waals surface area contributed by atoms with Crippen LogP contribution in [0.4, 0.5) is 0 Å². The highest BCUT2D eigenvalue weighted by molar-refractivity contribution is 4.90. The minimum absolute atomic E-state index is 0.339. The SMILES string of the molecule is CC(C)C1CCC2(CCCO2)CC1. The Balaban J connectivity index is 1.88. The van der Waals surface area contributed by atoms with Crippen LogP contribution in [0.25, 0.3) is 0 Å². The predicted molar refractivity (Wildman–Crippen MR) is 54.7 cm³/mol. The second kappa shape index (κ2) is 3.61. The highest BCUT2D eigenvalue weighted by Gasteiger charge is 2.39. The Kier molecular flexibility index (Phi) is 2.64. The zero-order chi connectivity index (χ0) is 9.31. The summed E-state index contributed by atoms with van der Waals surface area (Å²) in [6.45, 7) is 5.74. The molecule has 0 radical (unpaired) electrons. The smallest absolute Gasteiger partial charge is 0.0683 e. The summed E-state index contributed by atoms with van der Waals surface area (Å²) < 4.78 is 5.91. The van der Waals surface area contributed by atoms with Gasteiger partial charge in [-0.05, 0) is 50.4 Å². The van der Waals surface area contributed by atoms with Gasteiger partial charge in [0.2, 0.25) is 0 Å². The van der Waals surface area contributed by atoms with Crippen LogP contribution in [0.1, 0.15) is 52.4 Å². The Bertz CT molecular complexity index is 158. The van der Waals surface area contributed by atoms with Gasteiger partial charge in [-0.1, -0.05) is 13.8 Å². The van der Waals surface area contributed by atoms with Crippen molar-refractivity contribution in [2.24, 2.45) is 11.8 Å². The molecule has 0 aromatic heterocycles. The molecular formula is C12H22O. The van der Waals surface area contributed by atoms with Crippen molar-refractivity contribution < 1.29 is 4.74 Å². The molecule has 0 aromatic rings. The van der Waals surface area contributed by atoms with Gasteiger partial charge in [0.1, 0.15) is 0 Å². The Morgan fingerprint density at radius 3 is 2.31 bits per heavy atom. The van der Waals surface area contributed by atoms with Crippen molar-refractivity contribution in [1.29, 1.82) is 0 Å². The molecule has 1 aliphatic carbocycles. The molecule has 13 heavy (non-hydrogen) atoms. The number of rotatable bonds is 1. The molecule has 0 bridgehead atoms. The zero-order valence-electron chi connectivity index (χ0n) is 9.01. The highest BCUT2D eigenvalue weighted by atomic mass is 16.5. The summed E-state index contributed by atoms with van der Waals surface area (Å²) in [6.07, 6.45) is 8.09. The Morgan fingerprint density at radius 1 is 1.15 bits per heavy atom. The molecule has 1 saturated carbocycles. The quantitative estimate of drug-likeness (QED) is 0.604. The number of hydrogen-bond donors (Lipinski definition) is 0. The molecule has 76 valence electrons. The van der Waals surface area contributed by atoms with Gasteiger partial charge in [-0.15, -0.1) is 0 Å². The van der Waals surface area contributed by atoms with Crippen molar-refractivity contribution in [2.75, 3.05) is 6.61 Å². The zero-order valence-corrected chi connectivity index (χ0v) is 9.01. The first kappa shape index (κ1) is 9.51. The van der Waals surface area contributed by atoms with Gasteiger partial charge >= 0.3 is 0 Å². The maximum absolute atomic E-state index is 5.91. The first-order chi connectivity index (χ1) is 6.22. The van der Waals surface area contributed by atoms with Crippen LogP contribution < -0.4 is 0 Å². The van der Waals surface area contributed by atoms with Crippen LogP contribution in [0.5, 0.6) is 0 Å². The van der Waals surface area contributed by atoms with E-state index in [-0.39, 0.29) is 0 Å². The summed E-state index contributed by atoms with van der Waals surface area (Å²) >= 11 is 0. The summed E-state index contributed by atoms with van der Waals surface area (Å²) in [5.74, 6) is 1.84. The van der Waals surface area contributed by atoms with E-state index in [9.17, 15) is 0 Å². The van der Waals surface area contributed by atoms with E-state index in [1.165, 1.54) is 38.5 Å². The van der Waals surface area contributed by atoms with Crippen LogP contribution in [0.2, 0.25) is 0 Å². The minimum Gasteiger partial charge on any atom is -0.375 e. The summed E-state index contributed by atoms with van der Waals surface area (Å²) in [5, 5.41) is 0. The van der Waals surface area contributed by atoms with Gasteiger partial charge in [-0.3, -0.25) is 0 Å². The van der Waals surface area contributed by atoms with Gasteiger partial charge in [-0.25, -0.2) is 0 Å². The second-order valence-corrected chi connectivity index (χ2v) is 5.22. The molecule has 1 spiro atoms. The summed E-state index contributed by atoms with van der Waals surface area (Å²) in [7, 11) is 0. The lowest BCUT2D eigenvalue weighted by molar-refractivity contribution is -0.0389. The summed E-state index contributed by atoms with van der Waals surface area (Å²) in [6, 6.07) is 0. The molecule has 2 fully saturated rings. The Morgan fingerprint density at radius 2 is 1.85 bits per heavy atom. The van der Waals surface area contributed by atoms with Crippen LogP contribution in [-0.4, -0.2) is 12.2 Å². The average Bonchev–Trinajstić information content (AvgIpc) is 2.54. The topological polar surface area (TPSA) is 9.23 Å². The first-order valence-electron chi connectivity index (χ1n) is 5.86. The van der Waals surface area contributed by atoms with Gasteiger partial charge in [0.25, 0.3) is 0 Å². The van der Waals surface area contributed by atoms with Crippen molar-refractivity contribution in [3.63, 3.8) is 0 Å². The lowest BCUT2D eigenvalue weighted by Crippen LogP contribution is -2.34. The fourth-order valence-electron chi connectivity index (χ4n) is 2.98. The maximum Gasteiger partial charge on any atom is 0.0683 e. The molecule has 1 saturated heterocycles. The molecule has 2 rings (SSSR count). The molecule has 0 N–H and O–H groups in total. The lowest BCUT2D eigenvalue weighted by atomic mass is 9.74. The van der Waals surface area contributed by atoms with E-state index >= 15 is 0 Å². The van der Waals surface area contributed by atoms with Crippen molar-refractivity contribution in [3.05, 3.63) is 0 Å². The summed E-state index contributed by atoms with van der Waals surface area (Å²) in [5.41, 5.74) is 0.339. The lowest BCUT2D eigenvalue weighted by Gasteiger charge is -2.37. The van der Waals surface area contributed by atoms with E-state index in [4.69, 9.17) is 4.74 Å². The molecule has 0 amide bonds. The van der Waals surface area contributed by atoms with E-state index in [1.54, 1.807) is 0 Å². The Labute approximate surface area is 81.9 Å². The molecule has 0 unspecified atom stereocenters. The van der Waals surface area contributed by atoms with E-state index in [2.05, 4.69) is 13.8 Å². The standard InChI is InChI=1S/C12H22O/c1-10(2)11-4-7-12(8-5-11)6-3-9-13-12/h10-11H,3-9H2,1-2H3. The highest BCUT2D eigenvalue weighted by Crippen LogP contribution is 2.43. The maximum atomic E-state index is 5.91. The average molecular weight is 182 g/mol. The third-order valence-corrected chi connectivity index (χ3v) is 4.07. The van der Waals surface area contributed by atoms with Gasteiger partial charge in [0.15, 0.2) is 0 Å². The van der Waals surface area contributed by atoms with E-state index < -0.39 is 0 Å². The number of hydrogen-bond acceptors (Lipinski definition) is 1. The van der Waals surface area contributed by atoms with Gasteiger partial charge in [-0.2, -0.15) is 0 Å². The van der Waals surface area contributed by atoms with Crippen molar-refractivity contribution in [1.82, 2.24) is 0 Å².